The summed E-state index contributed by atoms with van der Waals surface area (Å²) in [6, 6.07) is 0. The van der Waals surface area contributed by atoms with Crippen molar-refractivity contribution in [3.63, 3.8) is 0 Å². The average molecular weight is 290 g/mol. The summed E-state index contributed by atoms with van der Waals surface area (Å²) in [7, 11) is -2.77. The summed E-state index contributed by atoms with van der Waals surface area (Å²) < 4.78 is 5.40. The van der Waals surface area contributed by atoms with Gasteiger partial charge < -0.3 is 9.41 Å². The van der Waals surface area contributed by atoms with Crippen molar-refractivity contribution in [3.8, 4) is 0 Å². The highest BCUT2D eigenvalue weighted by atomic mass is 28.4. The Morgan fingerprint density at radius 3 is 2.00 bits per heavy atom. The fourth-order valence-corrected chi connectivity index (χ4v) is 3.32. The number of nitrogens with one attached hydrogen (secondary N) is 1. The Kier molecular flexibility index (Phi) is 8.06. The van der Waals surface area contributed by atoms with E-state index in [0.29, 0.717) is 6.42 Å². The number of hydrogen-bond donors (Lipinski definition) is 1. The molecule has 0 bridgehead atoms. The molecule has 1 N–H and O–H groups in total. The van der Waals surface area contributed by atoms with Crippen LogP contribution in [-0.4, -0.2) is 29.1 Å². The molecule has 0 aliphatic rings. The second-order valence-corrected chi connectivity index (χ2v) is 16.2. The molecule has 0 aliphatic heterocycles. The smallest absolute Gasteiger partial charge is 0.292 e. The molecule has 0 saturated carbocycles. The van der Waals surface area contributed by atoms with Crippen LogP contribution in [0.4, 0.5) is 0 Å². The largest absolute Gasteiger partial charge is 0.520 e. The Balaban J connectivity index is 3.39. The van der Waals surface area contributed by atoms with Gasteiger partial charge in [0.1, 0.15) is 8.24 Å². The van der Waals surface area contributed by atoms with E-state index in [1.807, 2.05) is 19.6 Å². The van der Waals surface area contributed by atoms with Crippen LogP contribution in [0.3, 0.4) is 0 Å². The molecule has 18 heavy (non-hydrogen) atoms. The number of unbranched alkanes of at least 4 members (excludes halogenated alkanes) is 3. The maximum atomic E-state index is 11.5. The predicted octanol–water partition coefficient (Wildman–Crippen LogP) is 3.74. The quantitative estimate of drug-likeness (QED) is 0.519. The van der Waals surface area contributed by atoms with Gasteiger partial charge in [-0.05, 0) is 39.0 Å². The van der Waals surface area contributed by atoms with E-state index in [1.54, 1.807) is 0 Å². The van der Waals surface area contributed by atoms with Crippen LogP contribution in [-0.2, 0) is 9.22 Å². The van der Waals surface area contributed by atoms with Crippen molar-refractivity contribution in [1.29, 1.82) is 0 Å². The monoisotopic (exact) mass is 289 g/mol. The lowest BCUT2D eigenvalue weighted by Gasteiger charge is -2.18. The van der Waals surface area contributed by atoms with Crippen molar-refractivity contribution in [3.05, 3.63) is 0 Å². The minimum absolute atomic E-state index is 0.00519. The Morgan fingerprint density at radius 2 is 1.50 bits per heavy atom. The van der Waals surface area contributed by atoms with Crippen LogP contribution >= 0.6 is 0 Å². The van der Waals surface area contributed by atoms with Crippen molar-refractivity contribution in [1.82, 2.24) is 4.98 Å². The Bertz CT molecular complexity index is 244. The van der Waals surface area contributed by atoms with Gasteiger partial charge in [0, 0.05) is 6.42 Å². The van der Waals surface area contributed by atoms with Crippen LogP contribution in [0.15, 0.2) is 0 Å². The fourth-order valence-electron chi connectivity index (χ4n) is 1.60. The van der Waals surface area contributed by atoms with Gasteiger partial charge in [-0.1, -0.05) is 32.5 Å². The highest BCUT2D eigenvalue weighted by Gasteiger charge is 2.19. The first kappa shape index (κ1) is 17.9. The van der Waals surface area contributed by atoms with E-state index in [2.05, 4.69) is 24.6 Å². The summed E-state index contributed by atoms with van der Waals surface area (Å²) in [5, 5.41) is 0. The van der Waals surface area contributed by atoms with Gasteiger partial charge in [-0.3, -0.25) is 4.79 Å². The summed E-state index contributed by atoms with van der Waals surface area (Å²) in [6.07, 6.45) is 5.11. The molecule has 0 radical (unpaired) electrons. The van der Waals surface area contributed by atoms with Gasteiger partial charge in [0.2, 0.25) is 8.32 Å². The molecule has 108 valence electrons. The molecular formula is C13H31NO2Si2. The molecule has 0 aromatic heterocycles. The first-order valence-corrected chi connectivity index (χ1v) is 14.0. The van der Waals surface area contributed by atoms with Crippen molar-refractivity contribution >= 4 is 22.5 Å². The highest BCUT2D eigenvalue weighted by Crippen LogP contribution is 2.08. The Labute approximate surface area is 115 Å². The molecule has 3 nitrogen and oxygen atoms in total. The van der Waals surface area contributed by atoms with E-state index >= 15 is 0 Å². The molecule has 0 unspecified atom stereocenters. The number of rotatable bonds is 9. The molecule has 0 spiro atoms. The van der Waals surface area contributed by atoms with E-state index < -0.39 is 16.6 Å². The van der Waals surface area contributed by atoms with Crippen molar-refractivity contribution in [2.75, 3.05) is 6.54 Å². The second-order valence-electron chi connectivity index (χ2n) is 6.93. The molecule has 5 heteroatoms. The summed E-state index contributed by atoms with van der Waals surface area (Å²) >= 11 is 0. The van der Waals surface area contributed by atoms with Crippen molar-refractivity contribution < 1.29 is 9.22 Å². The number of hydrogen-bond acceptors (Lipinski definition) is 3. The van der Waals surface area contributed by atoms with Gasteiger partial charge >= 0.3 is 0 Å². The SMILES string of the molecule is C[Si](C)(C)NCCCCCCC(=O)O[Si](C)(C)C. The molecule has 0 atom stereocenters. The lowest BCUT2D eigenvalue weighted by molar-refractivity contribution is -0.135. The molecule has 0 heterocycles. The zero-order valence-corrected chi connectivity index (χ0v) is 15.1. The topological polar surface area (TPSA) is 38.3 Å². The normalized spacial score (nSPS) is 12.6. The fraction of sp³-hybridized carbons (Fsp3) is 0.923. The van der Waals surface area contributed by atoms with Crippen molar-refractivity contribution in [2.45, 2.75) is 71.4 Å². The van der Waals surface area contributed by atoms with Crippen LogP contribution in [0.5, 0.6) is 0 Å². The van der Waals surface area contributed by atoms with Crippen LogP contribution in [0.2, 0.25) is 39.3 Å². The second kappa shape index (κ2) is 8.12. The van der Waals surface area contributed by atoms with E-state index in [1.165, 1.54) is 12.8 Å². The Morgan fingerprint density at radius 1 is 0.944 bits per heavy atom. The maximum Gasteiger partial charge on any atom is 0.292 e. The molecule has 0 fully saturated rings. The third-order valence-electron chi connectivity index (χ3n) is 2.38. The molecule has 0 aliphatic carbocycles. The highest BCUT2D eigenvalue weighted by molar-refractivity contribution is 6.73. The zero-order chi connectivity index (χ0) is 14.2. The van der Waals surface area contributed by atoms with Gasteiger partial charge in [0.05, 0.1) is 0 Å². The average Bonchev–Trinajstić information content (AvgIpc) is 2.11. The lowest BCUT2D eigenvalue weighted by atomic mass is 10.1. The lowest BCUT2D eigenvalue weighted by Crippen LogP contribution is -2.41. The zero-order valence-electron chi connectivity index (χ0n) is 13.1. The summed E-state index contributed by atoms with van der Waals surface area (Å²) in [5.74, 6) is -0.00519. The van der Waals surface area contributed by atoms with Gasteiger partial charge in [0.25, 0.3) is 5.97 Å². The first-order chi connectivity index (χ1) is 8.10. The molecule has 0 amide bonds. The Hall–Kier alpha value is -0.136. The minimum Gasteiger partial charge on any atom is -0.520 e. The van der Waals surface area contributed by atoms with Gasteiger partial charge in [-0.15, -0.1) is 0 Å². The minimum atomic E-state index is -1.68. The van der Waals surface area contributed by atoms with Crippen LogP contribution in [0.1, 0.15) is 32.1 Å². The van der Waals surface area contributed by atoms with Gasteiger partial charge in [-0.2, -0.15) is 0 Å². The molecule has 0 aromatic carbocycles. The molecule has 0 rings (SSSR count). The molecule has 0 aromatic rings. The third-order valence-corrected chi connectivity index (χ3v) is 4.53. The third kappa shape index (κ3) is 13.9. The van der Waals surface area contributed by atoms with E-state index in [9.17, 15) is 4.79 Å². The number of carbonyl (C=O) groups is 1. The van der Waals surface area contributed by atoms with Gasteiger partial charge in [0.15, 0.2) is 0 Å². The van der Waals surface area contributed by atoms with Gasteiger partial charge in [-0.25, -0.2) is 0 Å². The van der Waals surface area contributed by atoms with Crippen molar-refractivity contribution in [2.24, 2.45) is 0 Å². The summed E-state index contributed by atoms with van der Waals surface area (Å²) in [5.41, 5.74) is 0. The van der Waals surface area contributed by atoms with Crippen LogP contribution in [0.25, 0.3) is 0 Å². The van der Waals surface area contributed by atoms with E-state index in [-0.39, 0.29) is 5.97 Å². The van der Waals surface area contributed by atoms with E-state index in [4.69, 9.17) is 4.43 Å². The summed E-state index contributed by atoms with van der Waals surface area (Å²) in [4.78, 5) is 15.1. The van der Waals surface area contributed by atoms with Crippen LogP contribution < -0.4 is 4.98 Å². The molecule has 0 saturated heterocycles. The van der Waals surface area contributed by atoms with Crippen LogP contribution in [0, 0.1) is 0 Å². The predicted molar refractivity (Wildman–Crippen MR) is 83.9 cm³/mol. The van der Waals surface area contributed by atoms with E-state index in [0.717, 1.165) is 19.4 Å². The maximum absolute atomic E-state index is 11.5. The standard InChI is InChI=1S/C13H31NO2Si2/c1-17(2,3)14-12-10-8-7-9-11-13(15)16-18(4,5)6/h14H,7-12H2,1-6H3. The summed E-state index contributed by atoms with van der Waals surface area (Å²) in [6.45, 7) is 14.2. The number of carbonyl (C=O) groups excluding carboxylic acids is 1. The first-order valence-electron chi connectivity index (χ1n) is 7.07. The molecular weight excluding hydrogens is 258 g/mol.